The summed E-state index contributed by atoms with van der Waals surface area (Å²) in [6.45, 7) is 3.46. The predicted molar refractivity (Wildman–Crippen MR) is 190 cm³/mol. The van der Waals surface area contributed by atoms with E-state index in [9.17, 15) is 36.4 Å². The fourth-order valence-corrected chi connectivity index (χ4v) is 7.06. The van der Waals surface area contributed by atoms with Gasteiger partial charge in [0.05, 0.1) is 28.6 Å². The Balaban J connectivity index is 1.58. The van der Waals surface area contributed by atoms with Crippen LogP contribution >= 0.6 is 0 Å². The van der Waals surface area contributed by atoms with E-state index >= 15 is 8.78 Å². The number of hydrogen-bond acceptors (Lipinski definition) is 7. The predicted octanol–water partition coefficient (Wildman–Crippen LogP) is 7.32. The van der Waals surface area contributed by atoms with Crippen LogP contribution in [0.5, 0.6) is 0 Å². The molecule has 0 radical (unpaired) electrons. The summed E-state index contributed by atoms with van der Waals surface area (Å²) >= 11 is -1.51. The molecular formula is C37H34F7N7O3S. The molecule has 1 aliphatic rings. The number of halogens is 7. The van der Waals surface area contributed by atoms with Crippen LogP contribution in [0, 0.1) is 23.5 Å². The van der Waals surface area contributed by atoms with Gasteiger partial charge in [-0.2, -0.15) is 41.6 Å². The minimum atomic E-state index is -5.16. The van der Waals surface area contributed by atoms with Crippen molar-refractivity contribution in [3.05, 3.63) is 94.1 Å². The van der Waals surface area contributed by atoms with Crippen molar-refractivity contribution >= 4 is 34.1 Å². The van der Waals surface area contributed by atoms with Gasteiger partial charge in [-0.15, -0.1) is 0 Å². The van der Waals surface area contributed by atoms with E-state index in [1.165, 1.54) is 17.0 Å². The van der Waals surface area contributed by atoms with Gasteiger partial charge in [0.2, 0.25) is 0 Å². The molecule has 1 aliphatic carbocycles. The van der Waals surface area contributed by atoms with E-state index in [2.05, 4.69) is 32.1 Å². The molecule has 18 heteroatoms. The van der Waals surface area contributed by atoms with Crippen molar-refractivity contribution in [1.29, 1.82) is 0 Å². The molecule has 0 bridgehead atoms. The van der Waals surface area contributed by atoms with Gasteiger partial charge >= 0.3 is 12.2 Å². The van der Waals surface area contributed by atoms with E-state index in [0.29, 0.717) is 22.5 Å². The molecule has 2 atom stereocenters. The third-order valence-electron chi connectivity index (χ3n) is 9.38. The minimum absolute atomic E-state index is 0.0130. The topological polar surface area (TPSA) is 133 Å². The third kappa shape index (κ3) is 8.00. The molecule has 3 N–H and O–H groups in total. The smallest absolute Gasteiger partial charge is 0.435 e. The lowest BCUT2D eigenvalue weighted by molar-refractivity contribution is -0.142. The van der Waals surface area contributed by atoms with E-state index in [1.54, 1.807) is 45.2 Å². The Morgan fingerprint density at radius 1 is 1.07 bits per heavy atom. The molecular weight excluding hydrogens is 756 g/mol. The maximum Gasteiger partial charge on any atom is 0.435 e. The summed E-state index contributed by atoms with van der Waals surface area (Å²) in [6.07, 6.45) is -5.31. The first-order chi connectivity index (χ1) is 25.8. The SMILES string of the molecule is CCC(O)(C#Cc1ccc(-c2cccc3c(N[S+](C)[O-])nn(C)c23)c(C(Cc2cc(F)cc(F)c2)NC(=O)n2nc(C(F)(F)F)c3c2C(F)(F)CC3)n1)CC. The normalized spacial score (nSPS) is 15.0. The molecule has 5 aromatic rings. The lowest BCUT2D eigenvalue weighted by Gasteiger charge is -2.23. The zero-order valence-electron chi connectivity index (χ0n) is 29.8. The quantitative estimate of drug-likeness (QED) is 0.0811. The Morgan fingerprint density at radius 2 is 1.76 bits per heavy atom. The Labute approximate surface area is 313 Å². The summed E-state index contributed by atoms with van der Waals surface area (Å²) in [5.41, 5.74) is -3.86. The second-order valence-electron chi connectivity index (χ2n) is 13.1. The van der Waals surface area contributed by atoms with Gasteiger partial charge < -0.3 is 15.0 Å². The molecule has 3 heterocycles. The number of aliphatic hydroxyl groups is 1. The highest BCUT2D eigenvalue weighted by Gasteiger charge is 2.51. The van der Waals surface area contributed by atoms with E-state index in [-0.39, 0.29) is 45.9 Å². The number of hydrogen-bond donors (Lipinski definition) is 3. The van der Waals surface area contributed by atoms with Gasteiger partial charge in [0.15, 0.2) is 11.5 Å². The number of pyridine rings is 1. The number of alkyl halides is 5. The number of rotatable bonds is 9. The molecule has 1 amide bonds. The second kappa shape index (κ2) is 14.8. The van der Waals surface area contributed by atoms with E-state index in [0.717, 1.165) is 12.1 Å². The average molecular weight is 790 g/mol. The van der Waals surface area contributed by atoms with Crippen LogP contribution in [0.4, 0.5) is 41.3 Å². The number of aromatic nitrogens is 5. The highest BCUT2D eigenvalue weighted by atomic mass is 32.2. The number of nitrogens with zero attached hydrogens (tertiary/aromatic N) is 5. The van der Waals surface area contributed by atoms with E-state index < -0.39 is 89.0 Å². The largest absolute Gasteiger partial charge is 0.593 e. The lowest BCUT2D eigenvalue weighted by Crippen LogP contribution is -2.37. The standard InChI is InChI=1S/C37H34F7N7O3S/c1-5-35(53,6-2)14-12-23-10-11-24(25-8-7-9-26-30(25)50(3)48-33(26)49-55(4)54)29(45-23)28(18-20-16-21(38)19-22(39)17-20)46-34(52)51-32-27(13-15-36(32,40)41)31(47-51)37(42,43)44/h7-11,16-17,19,28,53H,5-6,13,15,18H2,1-4H3,(H,46,52)(H,48,49). The van der Waals surface area contributed by atoms with Crippen molar-refractivity contribution in [2.45, 2.75) is 69.7 Å². The molecule has 0 aliphatic heterocycles. The van der Waals surface area contributed by atoms with Crippen LogP contribution in [0.1, 0.15) is 73.1 Å². The number of fused-ring (bicyclic) bond motifs is 2. The summed E-state index contributed by atoms with van der Waals surface area (Å²) in [6, 6.07) is 7.73. The fourth-order valence-electron chi connectivity index (χ4n) is 6.64. The van der Waals surface area contributed by atoms with Crippen LogP contribution in [0.2, 0.25) is 0 Å². The molecule has 0 saturated carbocycles. The van der Waals surface area contributed by atoms with Crippen LogP contribution in [0.25, 0.3) is 22.0 Å². The molecule has 3 aromatic heterocycles. The number of carbonyl (C=O) groups excluding carboxylic acids is 1. The first-order valence-corrected chi connectivity index (χ1v) is 18.6. The molecule has 6 rings (SSSR count). The summed E-state index contributed by atoms with van der Waals surface area (Å²) in [5.74, 6) is 0.0939. The Kier molecular flexibility index (Phi) is 10.7. The average Bonchev–Trinajstić information content (AvgIpc) is 3.77. The van der Waals surface area contributed by atoms with Crippen molar-refractivity contribution in [3.8, 4) is 23.0 Å². The van der Waals surface area contributed by atoms with Crippen LogP contribution < -0.4 is 10.0 Å². The number of carbonyl (C=O) groups is 1. The van der Waals surface area contributed by atoms with Gasteiger partial charge in [0.1, 0.15) is 34.9 Å². The first-order valence-electron chi connectivity index (χ1n) is 17.0. The minimum Gasteiger partial charge on any atom is -0.593 e. The Bertz CT molecular complexity index is 2320. The van der Waals surface area contributed by atoms with Crippen molar-refractivity contribution in [2.75, 3.05) is 11.0 Å². The number of amides is 1. The monoisotopic (exact) mass is 789 g/mol. The summed E-state index contributed by atoms with van der Waals surface area (Å²) < 4.78 is 118. The second-order valence-corrected chi connectivity index (χ2v) is 14.2. The lowest BCUT2D eigenvalue weighted by atomic mass is 9.93. The van der Waals surface area contributed by atoms with E-state index in [1.807, 2.05) is 0 Å². The zero-order valence-corrected chi connectivity index (χ0v) is 30.6. The Morgan fingerprint density at radius 3 is 2.40 bits per heavy atom. The van der Waals surface area contributed by atoms with Gasteiger partial charge in [-0.3, -0.25) is 4.68 Å². The van der Waals surface area contributed by atoms with Crippen molar-refractivity contribution in [2.24, 2.45) is 7.05 Å². The highest BCUT2D eigenvalue weighted by molar-refractivity contribution is 7.92. The van der Waals surface area contributed by atoms with Crippen LogP contribution in [0.3, 0.4) is 0 Å². The van der Waals surface area contributed by atoms with Crippen LogP contribution in [0.15, 0.2) is 48.5 Å². The maximum atomic E-state index is 15.1. The first kappa shape index (κ1) is 39.6. The maximum absolute atomic E-state index is 15.1. The fraction of sp³-hybridized carbons (Fsp3) is 0.351. The molecule has 55 heavy (non-hydrogen) atoms. The van der Waals surface area contributed by atoms with Crippen molar-refractivity contribution < 1.29 is 45.2 Å². The summed E-state index contributed by atoms with van der Waals surface area (Å²) in [5, 5.41) is 21.6. The van der Waals surface area contributed by atoms with Crippen molar-refractivity contribution in [1.82, 2.24) is 29.9 Å². The summed E-state index contributed by atoms with van der Waals surface area (Å²) in [4.78, 5) is 18.7. The van der Waals surface area contributed by atoms with Crippen LogP contribution in [-0.2, 0) is 43.4 Å². The molecule has 0 spiro atoms. The van der Waals surface area contributed by atoms with Crippen LogP contribution in [-0.4, -0.2) is 52.1 Å². The Hall–Kier alpha value is -5.12. The number of anilines is 1. The number of benzene rings is 2. The third-order valence-corrected chi connectivity index (χ3v) is 9.86. The number of aryl methyl sites for hydroxylation is 1. The zero-order chi connectivity index (χ0) is 40.0. The molecule has 290 valence electrons. The van der Waals surface area contributed by atoms with Gasteiger partial charge in [0.25, 0.3) is 5.92 Å². The highest BCUT2D eigenvalue weighted by Crippen LogP contribution is 2.46. The van der Waals surface area contributed by atoms with Gasteiger partial charge in [-0.05, 0) is 67.5 Å². The van der Waals surface area contributed by atoms with Gasteiger partial charge in [-0.25, -0.2) is 18.6 Å². The van der Waals surface area contributed by atoms with Gasteiger partial charge in [0, 0.05) is 41.6 Å². The molecule has 2 aromatic carbocycles. The van der Waals surface area contributed by atoms with E-state index in [4.69, 9.17) is 4.98 Å². The summed E-state index contributed by atoms with van der Waals surface area (Å²) in [7, 11) is 1.62. The number of nitrogens with one attached hydrogen (secondary N) is 2. The number of para-hydroxylation sites is 1. The molecule has 2 unspecified atom stereocenters. The molecule has 0 saturated heterocycles. The van der Waals surface area contributed by atoms with Crippen molar-refractivity contribution in [3.63, 3.8) is 0 Å². The molecule has 0 fully saturated rings. The molecule has 10 nitrogen and oxygen atoms in total. The van der Waals surface area contributed by atoms with Gasteiger partial charge in [-0.1, -0.05) is 31.9 Å².